The van der Waals surface area contributed by atoms with Crippen LogP contribution in [0.3, 0.4) is 0 Å². The number of anilines is 1. The number of nitrogens with zero attached hydrogens (tertiary/aromatic N) is 1. The molecule has 0 fully saturated rings. The van der Waals surface area contributed by atoms with Crippen molar-refractivity contribution >= 4 is 11.7 Å². The second-order valence-corrected chi connectivity index (χ2v) is 5.63. The maximum atomic E-state index is 11.8. The van der Waals surface area contributed by atoms with Crippen molar-refractivity contribution in [1.82, 2.24) is 5.32 Å². The van der Waals surface area contributed by atoms with Gasteiger partial charge in [-0.3, -0.25) is 4.79 Å². The summed E-state index contributed by atoms with van der Waals surface area (Å²) in [5.41, 5.74) is 2.50. The van der Waals surface area contributed by atoms with E-state index in [0.717, 1.165) is 19.4 Å². The highest BCUT2D eigenvalue weighted by atomic mass is 16.5. The summed E-state index contributed by atoms with van der Waals surface area (Å²) in [5.74, 6) is -0.196. The molecule has 0 aliphatic rings. The van der Waals surface area contributed by atoms with E-state index in [4.69, 9.17) is 4.74 Å². The molecule has 1 atom stereocenters. The van der Waals surface area contributed by atoms with Gasteiger partial charge in [-0.05, 0) is 30.5 Å². The van der Waals surface area contributed by atoms with Crippen LogP contribution in [0.1, 0.15) is 32.8 Å². The molecule has 118 valence electrons. The van der Waals surface area contributed by atoms with Crippen molar-refractivity contribution in [2.45, 2.75) is 45.7 Å². The van der Waals surface area contributed by atoms with Gasteiger partial charge >= 0.3 is 5.97 Å². The molecule has 4 heteroatoms. The first-order valence-electron chi connectivity index (χ1n) is 7.61. The van der Waals surface area contributed by atoms with Crippen LogP contribution < -0.4 is 10.2 Å². The lowest BCUT2D eigenvalue weighted by Gasteiger charge is -2.24. The average Bonchev–Trinajstić information content (AvgIpc) is 2.50. The largest absolute Gasteiger partial charge is 0.468 e. The summed E-state index contributed by atoms with van der Waals surface area (Å²) in [6.07, 6.45) is 1.77. The first-order valence-corrected chi connectivity index (χ1v) is 7.61. The molecular formula is C17H28N2O2. The van der Waals surface area contributed by atoms with Crippen molar-refractivity contribution in [2.24, 2.45) is 0 Å². The van der Waals surface area contributed by atoms with E-state index in [0.29, 0.717) is 0 Å². The number of hydrogen-bond donors (Lipinski definition) is 1. The molecular weight excluding hydrogens is 264 g/mol. The van der Waals surface area contributed by atoms with Crippen molar-refractivity contribution in [3.05, 3.63) is 29.8 Å². The molecule has 1 aromatic rings. The number of nitrogens with one attached hydrogen (secondary N) is 1. The Bertz CT molecular complexity index is 429. The lowest BCUT2D eigenvalue weighted by Crippen LogP contribution is -2.43. The zero-order valence-corrected chi connectivity index (χ0v) is 13.8. The second kappa shape index (κ2) is 8.67. The van der Waals surface area contributed by atoms with Gasteiger partial charge in [0.25, 0.3) is 0 Å². The average molecular weight is 292 g/mol. The third-order valence-corrected chi connectivity index (χ3v) is 3.56. The van der Waals surface area contributed by atoms with Gasteiger partial charge in [0.2, 0.25) is 0 Å². The standard InChI is InChI=1S/C17H28N2O2/c1-6-14-7-9-15(10-8-14)19(4)12-11-16(17(20)21-5)18-13(2)3/h7-10,13,16,18H,6,11-12H2,1-5H3. The van der Waals surface area contributed by atoms with Gasteiger partial charge in [0, 0.05) is 25.3 Å². The minimum atomic E-state index is -0.257. The number of hydrogen-bond acceptors (Lipinski definition) is 4. The summed E-state index contributed by atoms with van der Waals surface area (Å²) in [6.45, 7) is 7.01. The second-order valence-electron chi connectivity index (χ2n) is 5.63. The number of rotatable bonds is 8. The third-order valence-electron chi connectivity index (χ3n) is 3.56. The number of carbonyl (C=O) groups excluding carboxylic acids is 1. The van der Waals surface area contributed by atoms with E-state index in [1.54, 1.807) is 0 Å². The monoisotopic (exact) mass is 292 g/mol. The highest BCUT2D eigenvalue weighted by Gasteiger charge is 2.20. The van der Waals surface area contributed by atoms with Gasteiger partial charge in [-0.2, -0.15) is 0 Å². The quantitative estimate of drug-likeness (QED) is 0.748. The predicted molar refractivity (Wildman–Crippen MR) is 87.8 cm³/mol. The van der Waals surface area contributed by atoms with Crippen molar-refractivity contribution in [3.63, 3.8) is 0 Å². The van der Waals surface area contributed by atoms with Crippen LogP contribution in [0.25, 0.3) is 0 Å². The number of methoxy groups -OCH3 is 1. The van der Waals surface area contributed by atoms with E-state index < -0.39 is 0 Å². The van der Waals surface area contributed by atoms with Crippen LogP contribution in [0.4, 0.5) is 5.69 Å². The van der Waals surface area contributed by atoms with Crippen molar-refractivity contribution in [3.8, 4) is 0 Å². The third kappa shape index (κ3) is 5.76. The molecule has 1 unspecified atom stereocenters. The fourth-order valence-electron chi connectivity index (χ4n) is 2.25. The van der Waals surface area contributed by atoms with Crippen LogP contribution in [-0.4, -0.2) is 38.8 Å². The normalized spacial score (nSPS) is 12.3. The Morgan fingerprint density at radius 3 is 2.38 bits per heavy atom. The van der Waals surface area contributed by atoms with Crippen LogP contribution >= 0.6 is 0 Å². The molecule has 0 heterocycles. The van der Waals surface area contributed by atoms with Crippen LogP contribution in [0, 0.1) is 0 Å². The maximum Gasteiger partial charge on any atom is 0.322 e. The van der Waals surface area contributed by atoms with Crippen molar-refractivity contribution < 1.29 is 9.53 Å². The summed E-state index contributed by atoms with van der Waals surface area (Å²) < 4.78 is 4.86. The Balaban J connectivity index is 2.58. The van der Waals surface area contributed by atoms with Crippen molar-refractivity contribution in [1.29, 1.82) is 0 Å². The Kier molecular flexibility index (Phi) is 7.23. The summed E-state index contributed by atoms with van der Waals surface area (Å²) >= 11 is 0. The fraction of sp³-hybridized carbons (Fsp3) is 0.588. The molecule has 4 nitrogen and oxygen atoms in total. The Hall–Kier alpha value is -1.55. The number of aryl methyl sites for hydroxylation is 1. The van der Waals surface area contributed by atoms with Gasteiger partial charge in [-0.1, -0.05) is 32.9 Å². The Morgan fingerprint density at radius 1 is 1.29 bits per heavy atom. The smallest absolute Gasteiger partial charge is 0.322 e. The zero-order chi connectivity index (χ0) is 15.8. The van der Waals surface area contributed by atoms with Gasteiger partial charge in [0.15, 0.2) is 0 Å². The summed E-state index contributed by atoms with van der Waals surface area (Å²) in [4.78, 5) is 13.9. The molecule has 21 heavy (non-hydrogen) atoms. The van der Waals surface area contributed by atoms with Gasteiger partial charge in [0.1, 0.15) is 6.04 Å². The van der Waals surface area contributed by atoms with Crippen LogP contribution in [0.2, 0.25) is 0 Å². The van der Waals surface area contributed by atoms with E-state index in [2.05, 4.69) is 41.4 Å². The summed E-state index contributed by atoms with van der Waals surface area (Å²) in [6, 6.07) is 8.55. The minimum Gasteiger partial charge on any atom is -0.468 e. The molecule has 0 radical (unpaired) electrons. The molecule has 0 saturated heterocycles. The number of carbonyl (C=O) groups is 1. The molecule has 0 spiro atoms. The van der Waals surface area contributed by atoms with Crippen LogP contribution in [0.15, 0.2) is 24.3 Å². The van der Waals surface area contributed by atoms with Crippen molar-refractivity contribution in [2.75, 3.05) is 25.6 Å². The topological polar surface area (TPSA) is 41.6 Å². The van der Waals surface area contributed by atoms with E-state index in [1.165, 1.54) is 18.4 Å². The lowest BCUT2D eigenvalue weighted by molar-refractivity contribution is -0.143. The van der Waals surface area contributed by atoms with Crippen LogP contribution in [0.5, 0.6) is 0 Å². The predicted octanol–water partition coefficient (Wildman–Crippen LogP) is 2.61. The number of esters is 1. The van der Waals surface area contributed by atoms with Crippen LogP contribution in [-0.2, 0) is 16.0 Å². The maximum absolute atomic E-state index is 11.8. The SMILES string of the molecule is CCc1ccc(N(C)CCC(NC(C)C)C(=O)OC)cc1. The molecule has 1 N–H and O–H groups in total. The molecule has 0 aliphatic carbocycles. The van der Waals surface area contributed by atoms with E-state index in [-0.39, 0.29) is 18.1 Å². The van der Waals surface area contributed by atoms with Gasteiger partial charge in [0.05, 0.1) is 7.11 Å². The number of benzene rings is 1. The minimum absolute atomic E-state index is 0.196. The van der Waals surface area contributed by atoms with E-state index >= 15 is 0 Å². The van der Waals surface area contributed by atoms with Gasteiger partial charge in [-0.25, -0.2) is 0 Å². The van der Waals surface area contributed by atoms with E-state index in [9.17, 15) is 4.79 Å². The first kappa shape index (κ1) is 17.5. The molecule has 0 bridgehead atoms. The van der Waals surface area contributed by atoms with E-state index in [1.807, 2.05) is 20.9 Å². The summed E-state index contributed by atoms with van der Waals surface area (Å²) in [7, 11) is 3.48. The number of ether oxygens (including phenoxy) is 1. The zero-order valence-electron chi connectivity index (χ0n) is 13.8. The first-order chi connectivity index (χ1) is 9.97. The Labute approximate surface area is 128 Å². The molecule has 0 amide bonds. The molecule has 0 saturated carbocycles. The highest BCUT2D eigenvalue weighted by molar-refractivity contribution is 5.75. The molecule has 1 rings (SSSR count). The summed E-state index contributed by atoms with van der Waals surface area (Å²) in [5, 5.41) is 3.25. The molecule has 0 aromatic heterocycles. The molecule has 1 aromatic carbocycles. The van der Waals surface area contributed by atoms with Gasteiger partial charge < -0.3 is 15.0 Å². The molecule has 0 aliphatic heterocycles. The lowest BCUT2D eigenvalue weighted by atomic mass is 10.1. The van der Waals surface area contributed by atoms with Gasteiger partial charge in [-0.15, -0.1) is 0 Å². The fourth-order valence-corrected chi connectivity index (χ4v) is 2.25. The highest BCUT2D eigenvalue weighted by Crippen LogP contribution is 2.15. The Morgan fingerprint density at radius 2 is 1.90 bits per heavy atom.